The summed E-state index contributed by atoms with van der Waals surface area (Å²) in [6, 6.07) is 0. The molecule has 0 saturated carbocycles. The van der Waals surface area contributed by atoms with E-state index in [4.69, 9.17) is 5.73 Å². The first kappa shape index (κ1) is 8.43. The Hall–Kier alpha value is -0.570. The molecule has 0 aliphatic heterocycles. The molecule has 0 bridgehead atoms. The molecule has 0 aromatic carbocycles. The van der Waals surface area contributed by atoms with Gasteiger partial charge in [0.15, 0.2) is 0 Å². The zero-order valence-corrected chi connectivity index (χ0v) is 6.22. The van der Waals surface area contributed by atoms with E-state index in [1.165, 1.54) is 4.90 Å². The summed E-state index contributed by atoms with van der Waals surface area (Å²) in [6.45, 7) is 4.01. The van der Waals surface area contributed by atoms with E-state index in [0.29, 0.717) is 6.67 Å². The van der Waals surface area contributed by atoms with Gasteiger partial charge in [-0.1, -0.05) is 13.8 Å². The Balaban J connectivity index is 3.73. The number of rotatable bonds is 2. The van der Waals surface area contributed by atoms with Crippen LogP contribution in [0.25, 0.3) is 0 Å². The first-order valence-corrected chi connectivity index (χ1v) is 3.04. The fourth-order valence-electron chi connectivity index (χ4n) is 0.531. The summed E-state index contributed by atoms with van der Waals surface area (Å²) in [5, 5.41) is 0. The highest BCUT2D eigenvalue weighted by Crippen LogP contribution is 1.95. The van der Waals surface area contributed by atoms with Crippen molar-refractivity contribution in [3.63, 3.8) is 0 Å². The summed E-state index contributed by atoms with van der Waals surface area (Å²) in [7, 11) is 1.70. The Morgan fingerprint density at radius 1 is 1.67 bits per heavy atom. The van der Waals surface area contributed by atoms with E-state index in [9.17, 15) is 4.79 Å². The topological polar surface area (TPSA) is 46.3 Å². The Labute approximate surface area is 55.8 Å². The first-order chi connectivity index (χ1) is 4.09. The summed E-state index contributed by atoms with van der Waals surface area (Å²) in [4.78, 5) is 12.4. The zero-order valence-electron chi connectivity index (χ0n) is 6.22. The number of nitrogens with two attached hydrogens (primary N) is 1. The van der Waals surface area contributed by atoms with Crippen LogP contribution < -0.4 is 5.73 Å². The number of nitrogens with zero attached hydrogens (tertiary/aromatic N) is 1. The van der Waals surface area contributed by atoms with Gasteiger partial charge in [0.05, 0.1) is 6.67 Å². The number of hydrogen-bond acceptors (Lipinski definition) is 2. The molecule has 0 aliphatic rings. The van der Waals surface area contributed by atoms with Gasteiger partial charge in [-0.05, 0) is 0 Å². The molecule has 0 unspecified atom stereocenters. The number of amides is 1. The number of hydrogen-bond donors (Lipinski definition) is 1. The third-order valence-corrected chi connectivity index (χ3v) is 1.14. The van der Waals surface area contributed by atoms with Gasteiger partial charge in [0.1, 0.15) is 0 Å². The molecule has 0 fully saturated rings. The molecule has 0 heterocycles. The van der Waals surface area contributed by atoms with Gasteiger partial charge in [-0.25, -0.2) is 0 Å². The summed E-state index contributed by atoms with van der Waals surface area (Å²) < 4.78 is 0. The van der Waals surface area contributed by atoms with Crippen molar-refractivity contribution in [2.75, 3.05) is 13.7 Å². The largest absolute Gasteiger partial charge is 0.333 e. The maximum absolute atomic E-state index is 10.9. The van der Waals surface area contributed by atoms with Crippen molar-refractivity contribution in [2.45, 2.75) is 13.8 Å². The molecular weight excluding hydrogens is 116 g/mol. The second kappa shape index (κ2) is 3.45. The van der Waals surface area contributed by atoms with Gasteiger partial charge in [0, 0.05) is 13.0 Å². The smallest absolute Gasteiger partial charge is 0.225 e. The second-order valence-electron chi connectivity index (χ2n) is 2.37. The molecule has 2 N–H and O–H groups in total. The van der Waals surface area contributed by atoms with Crippen molar-refractivity contribution in [1.29, 1.82) is 0 Å². The van der Waals surface area contributed by atoms with E-state index in [0.717, 1.165) is 0 Å². The Morgan fingerprint density at radius 2 is 2.11 bits per heavy atom. The molecule has 9 heavy (non-hydrogen) atoms. The van der Waals surface area contributed by atoms with E-state index in [-0.39, 0.29) is 11.8 Å². The van der Waals surface area contributed by atoms with E-state index >= 15 is 0 Å². The van der Waals surface area contributed by atoms with Crippen molar-refractivity contribution in [3.05, 3.63) is 0 Å². The highest BCUT2D eigenvalue weighted by atomic mass is 16.2. The minimum Gasteiger partial charge on any atom is -0.333 e. The van der Waals surface area contributed by atoms with Gasteiger partial charge < -0.3 is 10.6 Å². The standard InChI is InChI=1S/C6H14N2O/c1-5(2)6(9)8(3)4-7/h5H,4,7H2,1-3H3. The van der Waals surface area contributed by atoms with Crippen molar-refractivity contribution in [1.82, 2.24) is 4.90 Å². The van der Waals surface area contributed by atoms with Crippen LogP contribution in [0.15, 0.2) is 0 Å². The van der Waals surface area contributed by atoms with Crippen molar-refractivity contribution in [2.24, 2.45) is 11.7 Å². The van der Waals surface area contributed by atoms with Gasteiger partial charge in [-0.2, -0.15) is 0 Å². The van der Waals surface area contributed by atoms with Crippen LogP contribution in [0, 0.1) is 5.92 Å². The fourth-order valence-corrected chi connectivity index (χ4v) is 0.531. The van der Waals surface area contributed by atoms with Crippen molar-refractivity contribution in [3.8, 4) is 0 Å². The third-order valence-electron chi connectivity index (χ3n) is 1.14. The van der Waals surface area contributed by atoms with Gasteiger partial charge in [-0.3, -0.25) is 4.79 Å². The van der Waals surface area contributed by atoms with Crippen LogP contribution in [0.5, 0.6) is 0 Å². The lowest BCUT2D eigenvalue weighted by Gasteiger charge is -2.15. The maximum atomic E-state index is 10.9. The van der Waals surface area contributed by atoms with E-state index in [2.05, 4.69) is 0 Å². The van der Waals surface area contributed by atoms with Gasteiger partial charge in [0.2, 0.25) is 5.91 Å². The monoisotopic (exact) mass is 130 g/mol. The second-order valence-corrected chi connectivity index (χ2v) is 2.37. The van der Waals surface area contributed by atoms with E-state index in [1.54, 1.807) is 7.05 Å². The van der Waals surface area contributed by atoms with Crippen LogP contribution >= 0.6 is 0 Å². The molecule has 0 aromatic heterocycles. The van der Waals surface area contributed by atoms with Gasteiger partial charge in [0.25, 0.3) is 0 Å². The molecular formula is C6H14N2O. The predicted octanol–water partition coefficient (Wildman–Crippen LogP) is 0.0170. The molecule has 1 amide bonds. The number of carbonyl (C=O) groups excluding carboxylic acids is 1. The molecule has 54 valence electrons. The van der Waals surface area contributed by atoms with Crippen LogP contribution in [0.2, 0.25) is 0 Å². The normalized spacial score (nSPS) is 9.89. The summed E-state index contributed by atoms with van der Waals surface area (Å²) in [6.07, 6.45) is 0. The fraction of sp³-hybridized carbons (Fsp3) is 0.833. The molecule has 0 saturated heterocycles. The molecule has 0 atom stereocenters. The molecule has 0 aromatic rings. The maximum Gasteiger partial charge on any atom is 0.225 e. The highest BCUT2D eigenvalue weighted by molar-refractivity contribution is 5.77. The average molecular weight is 130 g/mol. The average Bonchev–Trinajstić information content (AvgIpc) is 1.84. The van der Waals surface area contributed by atoms with E-state index < -0.39 is 0 Å². The van der Waals surface area contributed by atoms with Crippen LogP contribution in [0.3, 0.4) is 0 Å². The minimum absolute atomic E-state index is 0.0542. The molecule has 0 spiro atoms. The van der Waals surface area contributed by atoms with Crippen LogP contribution in [0.1, 0.15) is 13.8 Å². The minimum atomic E-state index is 0.0542. The summed E-state index contributed by atoms with van der Waals surface area (Å²) in [5.41, 5.74) is 5.22. The van der Waals surface area contributed by atoms with Crippen molar-refractivity contribution < 1.29 is 4.79 Å². The van der Waals surface area contributed by atoms with Crippen LogP contribution in [-0.2, 0) is 4.79 Å². The Morgan fingerprint density at radius 3 is 2.22 bits per heavy atom. The van der Waals surface area contributed by atoms with Crippen LogP contribution in [0.4, 0.5) is 0 Å². The lowest BCUT2D eigenvalue weighted by molar-refractivity contribution is -0.133. The lowest BCUT2D eigenvalue weighted by Crippen LogP contribution is -2.34. The molecule has 0 radical (unpaired) electrons. The Kier molecular flexibility index (Phi) is 3.24. The van der Waals surface area contributed by atoms with Crippen molar-refractivity contribution >= 4 is 5.91 Å². The number of carbonyl (C=O) groups is 1. The van der Waals surface area contributed by atoms with E-state index in [1.807, 2.05) is 13.8 Å². The lowest BCUT2D eigenvalue weighted by atomic mass is 10.2. The quantitative estimate of drug-likeness (QED) is 0.535. The van der Waals surface area contributed by atoms with Crippen LogP contribution in [-0.4, -0.2) is 24.5 Å². The third kappa shape index (κ3) is 2.46. The summed E-state index contributed by atoms with van der Waals surface area (Å²) >= 11 is 0. The molecule has 3 heteroatoms. The molecule has 3 nitrogen and oxygen atoms in total. The Bertz CT molecular complexity index is 101. The molecule has 0 rings (SSSR count). The van der Waals surface area contributed by atoms with Gasteiger partial charge >= 0.3 is 0 Å². The predicted molar refractivity (Wildman–Crippen MR) is 36.7 cm³/mol. The molecule has 0 aliphatic carbocycles. The first-order valence-electron chi connectivity index (χ1n) is 3.04. The summed E-state index contributed by atoms with van der Waals surface area (Å²) in [5.74, 6) is 0.149. The zero-order chi connectivity index (χ0) is 7.44. The highest BCUT2D eigenvalue weighted by Gasteiger charge is 2.09. The van der Waals surface area contributed by atoms with Gasteiger partial charge in [-0.15, -0.1) is 0 Å². The SMILES string of the molecule is CC(C)C(=O)N(C)CN.